The summed E-state index contributed by atoms with van der Waals surface area (Å²) in [4.78, 5) is 9.24. The lowest BCUT2D eigenvalue weighted by atomic mass is 9.96. The zero-order valence-corrected chi connectivity index (χ0v) is 19.0. The van der Waals surface area contributed by atoms with Gasteiger partial charge < -0.3 is 19.3 Å². The molecule has 2 aliphatic heterocycles. The minimum atomic E-state index is 0.408. The van der Waals surface area contributed by atoms with Gasteiger partial charge in [-0.3, -0.25) is 4.57 Å². The Hall–Kier alpha value is -3.13. The Bertz CT molecular complexity index is 1070. The van der Waals surface area contributed by atoms with Crippen molar-refractivity contribution < 1.29 is 9.47 Å². The predicted molar refractivity (Wildman–Crippen MR) is 124 cm³/mol. The van der Waals surface area contributed by atoms with Gasteiger partial charge in [-0.05, 0) is 44.4 Å². The SMILES string of the molecule is CCOCc1nnc(N2CC(N3CCCc4cc(C)ccc43)C2)n1-c1ccc(OC)nc1. The molecule has 32 heavy (non-hydrogen) atoms. The first-order valence-corrected chi connectivity index (χ1v) is 11.3. The van der Waals surface area contributed by atoms with E-state index in [-0.39, 0.29) is 0 Å². The van der Waals surface area contributed by atoms with E-state index in [0.717, 1.165) is 37.1 Å². The molecule has 0 radical (unpaired) electrons. The number of fused-ring (bicyclic) bond motifs is 1. The van der Waals surface area contributed by atoms with Gasteiger partial charge in [0.2, 0.25) is 11.8 Å². The van der Waals surface area contributed by atoms with Crippen molar-refractivity contribution in [2.45, 2.75) is 39.3 Å². The highest BCUT2D eigenvalue weighted by Crippen LogP contribution is 2.34. The van der Waals surface area contributed by atoms with Gasteiger partial charge in [0, 0.05) is 38.0 Å². The molecule has 4 heterocycles. The average Bonchev–Trinajstić information content (AvgIpc) is 3.20. The summed E-state index contributed by atoms with van der Waals surface area (Å²) in [7, 11) is 1.62. The van der Waals surface area contributed by atoms with E-state index < -0.39 is 0 Å². The Morgan fingerprint density at radius 3 is 2.75 bits per heavy atom. The molecule has 0 spiro atoms. The Morgan fingerprint density at radius 2 is 2.00 bits per heavy atom. The molecular weight excluding hydrogens is 404 g/mol. The number of ether oxygens (including phenoxy) is 2. The molecule has 1 aromatic carbocycles. The van der Waals surface area contributed by atoms with E-state index >= 15 is 0 Å². The van der Waals surface area contributed by atoms with E-state index in [9.17, 15) is 0 Å². The summed E-state index contributed by atoms with van der Waals surface area (Å²) < 4.78 is 12.9. The Morgan fingerprint density at radius 1 is 1.12 bits per heavy atom. The molecule has 0 bridgehead atoms. The second-order valence-corrected chi connectivity index (χ2v) is 8.44. The van der Waals surface area contributed by atoms with Crippen LogP contribution in [0.3, 0.4) is 0 Å². The molecule has 0 unspecified atom stereocenters. The third-order valence-corrected chi connectivity index (χ3v) is 6.31. The number of rotatable bonds is 7. The van der Waals surface area contributed by atoms with Gasteiger partial charge in [-0.1, -0.05) is 17.7 Å². The van der Waals surface area contributed by atoms with Crippen molar-refractivity contribution in [2.24, 2.45) is 0 Å². The molecule has 3 aromatic rings. The minimum absolute atomic E-state index is 0.408. The third-order valence-electron chi connectivity index (χ3n) is 6.31. The van der Waals surface area contributed by atoms with Crippen LogP contribution in [0.1, 0.15) is 30.3 Å². The van der Waals surface area contributed by atoms with Crippen molar-refractivity contribution in [1.82, 2.24) is 19.7 Å². The van der Waals surface area contributed by atoms with E-state index in [1.165, 1.54) is 29.7 Å². The number of hydrogen-bond acceptors (Lipinski definition) is 7. The van der Waals surface area contributed by atoms with Crippen LogP contribution in [0.5, 0.6) is 5.88 Å². The van der Waals surface area contributed by atoms with Gasteiger partial charge in [0.05, 0.1) is 25.0 Å². The monoisotopic (exact) mass is 434 g/mol. The van der Waals surface area contributed by atoms with Crippen molar-refractivity contribution in [3.8, 4) is 11.6 Å². The second-order valence-electron chi connectivity index (χ2n) is 8.44. The number of benzene rings is 1. The molecule has 1 fully saturated rings. The summed E-state index contributed by atoms with van der Waals surface area (Å²) in [5.74, 6) is 2.19. The van der Waals surface area contributed by atoms with Crippen LogP contribution in [0, 0.1) is 6.92 Å². The molecule has 5 rings (SSSR count). The summed E-state index contributed by atoms with van der Waals surface area (Å²) >= 11 is 0. The first-order chi connectivity index (χ1) is 15.7. The number of aromatic nitrogens is 4. The van der Waals surface area contributed by atoms with Gasteiger partial charge in [0.25, 0.3) is 0 Å². The molecule has 0 saturated carbocycles. The van der Waals surface area contributed by atoms with Crippen LogP contribution in [-0.2, 0) is 17.8 Å². The normalized spacial score (nSPS) is 16.1. The zero-order chi connectivity index (χ0) is 22.1. The van der Waals surface area contributed by atoms with E-state index in [1.807, 2.05) is 23.6 Å². The topological polar surface area (TPSA) is 68.5 Å². The highest BCUT2D eigenvalue weighted by atomic mass is 16.5. The minimum Gasteiger partial charge on any atom is -0.481 e. The van der Waals surface area contributed by atoms with E-state index in [4.69, 9.17) is 9.47 Å². The maximum absolute atomic E-state index is 5.64. The number of methoxy groups -OCH3 is 1. The third kappa shape index (κ3) is 3.79. The van der Waals surface area contributed by atoms with Gasteiger partial charge in [-0.15, -0.1) is 10.2 Å². The predicted octanol–water partition coefficient (Wildman–Crippen LogP) is 3.16. The van der Waals surface area contributed by atoms with Crippen LogP contribution in [0.25, 0.3) is 5.69 Å². The molecule has 8 nitrogen and oxygen atoms in total. The van der Waals surface area contributed by atoms with Crippen LogP contribution >= 0.6 is 0 Å². The lowest BCUT2D eigenvalue weighted by Crippen LogP contribution is -2.61. The highest BCUT2D eigenvalue weighted by molar-refractivity contribution is 5.59. The highest BCUT2D eigenvalue weighted by Gasteiger charge is 2.37. The number of pyridine rings is 1. The number of anilines is 2. The van der Waals surface area contributed by atoms with Crippen molar-refractivity contribution in [2.75, 3.05) is 43.2 Å². The van der Waals surface area contributed by atoms with Gasteiger partial charge in [0.1, 0.15) is 6.61 Å². The maximum Gasteiger partial charge on any atom is 0.232 e. The van der Waals surface area contributed by atoms with Gasteiger partial charge >= 0.3 is 0 Å². The molecule has 1 saturated heterocycles. The second kappa shape index (κ2) is 8.78. The first-order valence-electron chi connectivity index (χ1n) is 11.3. The van der Waals surface area contributed by atoms with Crippen LogP contribution in [0.4, 0.5) is 11.6 Å². The largest absolute Gasteiger partial charge is 0.481 e. The fourth-order valence-electron chi connectivity index (χ4n) is 4.64. The summed E-state index contributed by atoms with van der Waals surface area (Å²) in [6.07, 6.45) is 4.17. The van der Waals surface area contributed by atoms with Crippen molar-refractivity contribution in [3.63, 3.8) is 0 Å². The molecule has 168 valence electrons. The smallest absolute Gasteiger partial charge is 0.232 e. The van der Waals surface area contributed by atoms with Gasteiger partial charge in [0.15, 0.2) is 5.82 Å². The first kappa shape index (κ1) is 20.8. The molecule has 0 N–H and O–H groups in total. The van der Waals surface area contributed by atoms with Gasteiger partial charge in [-0.25, -0.2) is 4.98 Å². The maximum atomic E-state index is 5.64. The molecular formula is C24H30N6O2. The molecule has 0 aliphatic carbocycles. The van der Waals surface area contributed by atoms with Crippen molar-refractivity contribution >= 4 is 11.6 Å². The quantitative estimate of drug-likeness (QED) is 0.566. The molecule has 2 aromatic heterocycles. The van der Waals surface area contributed by atoms with Crippen LogP contribution in [0.15, 0.2) is 36.5 Å². The lowest BCUT2D eigenvalue weighted by Gasteiger charge is -2.48. The van der Waals surface area contributed by atoms with Crippen LogP contribution in [-0.4, -0.2) is 59.1 Å². The molecule has 8 heteroatoms. The molecule has 0 atom stereocenters. The van der Waals surface area contributed by atoms with E-state index in [2.05, 4.69) is 50.1 Å². The standard InChI is InChI=1S/C24H30N6O2/c1-4-32-16-22-26-27-24(30(22)19-8-10-23(31-3)25-13-19)28-14-20(15-28)29-11-5-6-18-12-17(2)7-9-21(18)29/h7-10,12-13,20H,4-6,11,14-16H2,1-3H3. The molecule has 0 amide bonds. The number of aryl methyl sites for hydroxylation is 2. The van der Waals surface area contributed by atoms with Gasteiger partial charge in [-0.2, -0.15) is 0 Å². The summed E-state index contributed by atoms with van der Waals surface area (Å²) in [6.45, 7) is 8.14. The van der Waals surface area contributed by atoms with Crippen molar-refractivity contribution in [3.05, 3.63) is 53.5 Å². The Kier molecular flexibility index (Phi) is 5.70. The Balaban J connectivity index is 1.38. The fraction of sp³-hybridized carbons (Fsp3) is 0.458. The fourth-order valence-corrected chi connectivity index (χ4v) is 4.64. The van der Waals surface area contributed by atoms with E-state index in [1.54, 1.807) is 13.3 Å². The zero-order valence-electron chi connectivity index (χ0n) is 19.0. The molecule has 2 aliphatic rings. The Labute approximate surface area is 188 Å². The van der Waals surface area contributed by atoms with Crippen LogP contribution < -0.4 is 14.5 Å². The van der Waals surface area contributed by atoms with E-state index in [0.29, 0.717) is 25.1 Å². The van der Waals surface area contributed by atoms with Crippen LogP contribution in [0.2, 0.25) is 0 Å². The number of hydrogen-bond donors (Lipinski definition) is 0. The summed E-state index contributed by atoms with van der Waals surface area (Å²) in [5.41, 5.74) is 5.11. The lowest BCUT2D eigenvalue weighted by molar-refractivity contribution is 0.127. The van der Waals surface area contributed by atoms with Crippen molar-refractivity contribution in [1.29, 1.82) is 0 Å². The average molecular weight is 435 g/mol. The number of nitrogens with zero attached hydrogens (tertiary/aromatic N) is 6. The summed E-state index contributed by atoms with van der Waals surface area (Å²) in [6, 6.07) is 11.2. The summed E-state index contributed by atoms with van der Waals surface area (Å²) in [5, 5.41) is 8.96.